The van der Waals surface area contributed by atoms with Crippen molar-refractivity contribution in [3.05, 3.63) is 0 Å². The third-order valence-corrected chi connectivity index (χ3v) is 8.26. The molecule has 0 aliphatic carbocycles. The standard InChI is InChI=1S/C24H42O21/c25-1-6-10(28)14(32)17(35)21(41-6)39-3-8-11(29)15(33)18(36)22(42-8)40-4-9-12(30)16(34)19(37)23(43-9)45-24(5-27)20(38)13(31)7(2-26)44-24/h6-23,25-38H,1-5H2/t6?,7-,8?,9?,10+,11+,12-,13?,14?,15?,16?,17+,18+,19+,20-,21+,22+,23-,24+/m1/s1. The van der Waals surface area contributed by atoms with E-state index in [-0.39, 0.29) is 0 Å². The summed E-state index contributed by atoms with van der Waals surface area (Å²) < 4.78 is 37.6. The van der Waals surface area contributed by atoms with Gasteiger partial charge < -0.3 is 105 Å². The molecule has 4 aliphatic heterocycles. The van der Waals surface area contributed by atoms with Gasteiger partial charge in [0.25, 0.3) is 0 Å². The monoisotopic (exact) mass is 666 g/mol. The zero-order valence-electron chi connectivity index (χ0n) is 23.5. The highest BCUT2D eigenvalue weighted by molar-refractivity contribution is 4.99. The van der Waals surface area contributed by atoms with Crippen molar-refractivity contribution >= 4 is 0 Å². The second-order valence-corrected chi connectivity index (χ2v) is 11.3. The Hall–Kier alpha value is -0.840. The van der Waals surface area contributed by atoms with Crippen molar-refractivity contribution in [3.63, 3.8) is 0 Å². The second kappa shape index (κ2) is 15.1. The van der Waals surface area contributed by atoms with Gasteiger partial charge in [0.15, 0.2) is 18.9 Å². The number of ether oxygens (including phenoxy) is 7. The van der Waals surface area contributed by atoms with Gasteiger partial charge in [-0.2, -0.15) is 0 Å². The number of hydrogen-bond donors (Lipinski definition) is 14. The summed E-state index contributed by atoms with van der Waals surface area (Å²) in [5.41, 5.74) is 0. The maximum atomic E-state index is 10.5. The normalized spacial score (nSPS) is 52.7. The molecule has 4 rings (SSSR count). The highest BCUT2D eigenvalue weighted by Gasteiger charge is 2.58. The Balaban J connectivity index is 1.39. The predicted molar refractivity (Wildman–Crippen MR) is 134 cm³/mol. The van der Waals surface area contributed by atoms with Gasteiger partial charge in [0, 0.05) is 0 Å². The average Bonchev–Trinajstić information content (AvgIpc) is 3.28. The molecule has 0 aromatic rings. The summed E-state index contributed by atoms with van der Waals surface area (Å²) in [5.74, 6) is -2.43. The summed E-state index contributed by atoms with van der Waals surface area (Å²) >= 11 is 0. The van der Waals surface area contributed by atoms with Crippen LogP contribution < -0.4 is 0 Å². The average molecular weight is 667 g/mol. The van der Waals surface area contributed by atoms with Crippen molar-refractivity contribution in [1.82, 2.24) is 0 Å². The van der Waals surface area contributed by atoms with Crippen LogP contribution in [0.4, 0.5) is 0 Å². The Bertz CT molecular complexity index is 931. The molecule has 45 heavy (non-hydrogen) atoms. The minimum absolute atomic E-state index is 0.650. The lowest BCUT2D eigenvalue weighted by Crippen LogP contribution is -2.64. The van der Waals surface area contributed by atoms with Gasteiger partial charge in [-0.15, -0.1) is 0 Å². The van der Waals surface area contributed by atoms with Crippen LogP contribution in [0.5, 0.6) is 0 Å². The van der Waals surface area contributed by atoms with E-state index in [1.807, 2.05) is 0 Å². The summed E-state index contributed by atoms with van der Waals surface area (Å²) in [6, 6.07) is 0. The molecule has 0 aromatic carbocycles. The summed E-state index contributed by atoms with van der Waals surface area (Å²) in [4.78, 5) is 0. The van der Waals surface area contributed by atoms with E-state index in [1.54, 1.807) is 0 Å². The summed E-state index contributed by atoms with van der Waals surface area (Å²) in [6.07, 6.45) is -31.4. The lowest BCUT2D eigenvalue weighted by atomic mass is 9.98. The lowest BCUT2D eigenvalue weighted by Gasteiger charge is -2.45. The smallest absolute Gasteiger partial charge is 0.224 e. The van der Waals surface area contributed by atoms with E-state index in [2.05, 4.69) is 0 Å². The predicted octanol–water partition coefficient (Wildman–Crippen LogP) is -9.75. The molecule has 19 atom stereocenters. The highest BCUT2D eigenvalue weighted by atomic mass is 16.8. The van der Waals surface area contributed by atoms with Crippen molar-refractivity contribution in [3.8, 4) is 0 Å². The third-order valence-electron chi connectivity index (χ3n) is 8.26. The largest absolute Gasteiger partial charge is 0.394 e. The fourth-order valence-corrected chi connectivity index (χ4v) is 5.39. The molecule has 0 saturated carbocycles. The fraction of sp³-hybridized carbons (Fsp3) is 1.00. The molecular formula is C24H42O21. The first-order valence-electron chi connectivity index (χ1n) is 14.1. The van der Waals surface area contributed by atoms with Crippen LogP contribution in [0.3, 0.4) is 0 Å². The van der Waals surface area contributed by atoms with Gasteiger partial charge >= 0.3 is 0 Å². The zero-order valence-corrected chi connectivity index (χ0v) is 23.5. The summed E-state index contributed by atoms with van der Waals surface area (Å²) in [6.45, 7) is -4.02. The van der Waals surface area contributed by atoms with Crippen molar-refractivity contribution < 1.29 is 105 Å². The van der Waals surface area contributed by atoms with Crippen LogP contribution in [0.15, 0.2) is 0 Å². The van der Waals surface area contributed by atoms with E-state index in [9.17, 15) is 71.5 Å². The van der Waals surface area contributed by atoms with E-state index in [1.165, 1.54) is 0 Å². The van der Waals surface area contributed by atoms with Gasteiger partial charge in [-0.05, 0) is 0 Å². The molecule has 4 aliphatic rings. The zero-order chi connectivity index (χ0) is 33.4. The molecule has 0 bridgehead atoms. The van der Waals surface area contributed by atoms with Crippen LogP contribution in [0.1, 0.15) is 0 Å². The van der Waals surface area contributed by atoms with Crippen LogP contribution in [0, 0.1) is 0 Å². The van der Waals surface area contributed by atoms with Gasteiger partial charge in [0.1, 0.15) is 98.2 Å². The lowest BCUT2D eigenvalue weighted by molar-refractivity contribution is -0.388. The molecule has 4 fully saturated rings. The van der Waals surface area contributed by atoms with Crippen molar-refractivity contribution in [2.24, 2.45) is 0 Å². The van der Waals surface area contributed by atoms with E-state index < -0.39 is 149 Å². The molecule has 264 valence electrons. The van der Waals surface area contributed by atoms with Crippen LogP contribution in [0.25, 0.3) is 0 Å². The van der Waals surface area contributed by atoms with Crippen molar-refractivity contribution in [1.29, 1.82) is 0 Å². The molecule has 0 spiro atoms. The molecule has 0 amide bonds. The molecule has 21 heteroatoms. The van der Waals surface area contributed by atoms with E-state index in [0.29, 0.717) is 0 Å². The Labute approximate surface area is 254 Å². The van der Waals surface area contributed by atoms with E-state index in [0.717, 1.165) is 0 Å². The molecule has 0 radical (unpaired) electrons. The quantitative estimate of drug-likeness (QED) is 0.0973. The Morgan fingerprint density at radius 1 is 0.444 bits per heavy atom. The van der Waals surface area contributed by atoms with Crippen molar-refractivity contribution in [2.75, 3.05) is 33.0 Å². The Kier molecular flexibility index (Phi) is 12.5. The van der Waals surface area contributed by atoms with Gasteiger partial charge in [-0.3, -0.25) is 0 Å². The number of aliphatic hydroxyl groups is 14. The summed E-state index contributed by atoms with van der Waals surface area (Å²) in [7, 11) is 0. The maximum absolute atomic E-state index is 10.5. The maximum Gasteiger partial charge on any atom is 0.224 e. The van der Waals surface area contributed by atoms with Crippen molar-refractivity contribution in [2.45, 2.75) is 116 Å². The number of hydrogen-bond acceptors (Lipinski definition) is 21. The minimum Gasteiger partial charge on any atom is -0.394 e. The first kappa shape index (κ1) is 37.0. The van der Waals surface area contributed by atoms with E-state index >= 15 is 0 Å². The molecule has 4 saturated heterocycles. The van der Waals surface area contributed by atoms with Crippen LogP contribution in [-0.2, 0) is 33.2 Å². The minimum atomic E-state index is -2.43. The highest BCUT2D eigenvalue weighted by Crippen LogP contribution is 2.36. The first-order chi connectivity index (χ1) is 21.2. The fourth-order valence-electron chi connectivity index (χ4n) is 5.39. The van der Waals surface area contributed by atoms with Crippen LogP contribution in [0.2, 0.25) is 0 Å². The topological polar surface area (TPSA) is 348 Å². The third kappa shape index (κ3) is 7.29. The first-order valence-corrected chi connectivity index (χ1v) is 14.1. The van der Waals surface area contributed by atoms with Gasteiger partial charge in [0.2, 0.25) is 5.79 Å². The van der Waals surface area contributed by atoms with Gasteiger partial charge in [-0.25, -0.2) is 0 Å². The molecule has 7 unspecified atom stereocenters. The molecule has 0 aromatic heterocycles. The van der Waals surface area contributed by atoms with Crippen LogP contribution >= 0.6 is 0 Å². The molecule has 4 heterocycles. The van der Waals surface area contributed by atoms with Gasteiger partial charge in [0.05, 0.1) is 26.4 Å². The van der Waals surface area contributed by atoms with E-state index in [4.69, 9.17) is 33.2 Å². The van der Waals surface area contributed by atoms with Crippen LogP contribution in [-0.4, -0.2) is 221 Å². The number of aliphatic hydroxyl groups excluding tert-OH is 14. The summed E-state index contributed by atoms with van der Waals surface area (Å²) in [5, 5.41) is 141. The Morgan fingerprint density at radius 2 is 0.844 bits per heavy atom. The second-order valence-electron chi connectivity index (χ2n) is 11.3. The molecular weight excluding hydrogens is 624 g/mol. The molecule has 14 N–H and O–H groups in total. The Morgan fingerprint density at radius 3 is 1.27 bits per heavy atom. The number of rotatable bonds is 11. The SMILES string of the molecule is OCC1O[C@H](OCC2O[C@H](OCC3O[C@H](O[C@]4(CO)O[C@H](CO)C(O)[C@H]4O)[C@@H](O)C(O)[C@@H]3O)[C@@H](O)C(O)[C@H]2O)[C@@H](O)C(O)[C@H]1O. The molecule has 21 nitrogen and oxygen atoms in total. The van der Waals surface area contributed by atoms with Gasteiger partial charge in [-0.1, -0.05) is 0 Å².